The highest BCUT2D eigenvalue weighted by Gasteiger charge is 2.46. The molecule has 0 aromatic heterocycles. The van der Waals surface area contributed by atoms with Crippen molar-refractivity contribution in [2.75, 3.05) is 6.61 Å². The Hall–Kier alpha value is -2.50. The van der Waals surface area contributed by atoms with Crippen LogP contribution in [0.15, 0.2) is 91.0 Å². The molecule has 1 N–H and O–H groups in total. The zero-order chi connectivity index (χ0) is 31.1. The quantitative estimate of drug-likeness (QED) is 0.104. The van der Waals surface area contributed by atoms with E-state index in [-0.39, 0.29) is 12.7 Å². The Kier molecular flexibility index (Phi) is 13.9. The Morgan fingerprint density at radius 1 is 0.636 bits per heavy atom. The summed E-state index contributed by atoms with van der Waals surface area (Å²) in [6.45, 7) is 6.27. The minimum Gasteiger partial charge on any atom is -0.388 e. The minimum absolute atomic E-state index is 0.109. The van der Waals surface area contributed by atoms with E-state index in [0.717, 1.165) is 29.5 Å². The van der Waals surface area contributed by atoms with E-state index < -0.39 is 23.6 Å². The second kappa shape index (κ2) is 17.8. The Balaban J connectivity index is 1.36. The van der Waals surface area contributed by atoms with Crippen LogP contribution in [0.2, 0.25) is 0 Å². The number of aliphatic hydroxyl groups excluding tert-OH is 1. The Labute approximate surface area is 267 Å². The molecule has 1 aliphatic rings. The van der Waals surface area contributed by atoms with Gasteiger partial charge in [-0.15, -0.1) is 0 Å². The molecule has 0 spiro atoms. The third-order valence-corrected chi connectivity index (χ3v) is 8.95. The normalized spacial score (nSPS) is 18.8. The van der Waals surface area contributed by atoms with Gasteiger partial charge >= 0.3 is 0 Å². The average Bonchev–Trinajstić information content (AvgIpc) is 3.37. The number of benzene rings is 3. The van der Waals surface area contributed by atoms with Gasteiger partial charge in [0.25, 0.3) is 0 Å². The molecule has 0 saturated carbocycles. The standard InChI is InChI=1S/C40H56O4/c1-4-5-6-7-8-9-10-11-12-13-14-24-31-37-38(44-39(2,3)43-37)36(41)32-42-40(33-25-18-15-19-26-33,34-27-20-16-21-28-34)35-29-22-17-23-30-35/h15-23,25-30,36-38,41H,4-14,24,31-32H2,1-3H3/t36-,37-,38+/m1/s1. The lowest BCUT2D eigenvalue weighted by Gasteiger charge is -2.37. The van der Waals surface area contributed by atoms with Gasteiger partial charge in [0.1, 0.15) is 17.8 Å². The van der Waals surface area contributed by atoms with Crippen LogP contribution in [0.5, 0.6) is 0 Å². The highest BCUT2D eigenvalue weighted by molar-refractivity contribution is 5.47. The van der Waals surface area contributed by atoms with Crippen LogP contribution in [0.4, 0.5) is 0 Å². The molecule has 44 heavy (non-hydrogen) atoms. The first kappa shape index (κ1) is 34.4. The maximum atomic E-state index is 11.6. The molecule has 4 heteroatoms. The van der Waals surface area contributed by atoms with Crippen LogP contribution >= 0.6 is 0 Å². The maximum Gasteiger partial charge on any atom is 0.163 e. The summed E-state index contributed by atoms with van der Waals surface area (Å²) < 4.78 is 19.6. The monoisotopic (exact) mass is 600 g/mol. The molecule has 4 nitrogen and oxygen atoms in total. The van der Waals surface area contributed by atoms with Gasteiger partial charge in [-0.3, -0.25) is 0 Å². The van der Waals surface area contributed by atoms with Crippen molar-refractivity contribution >= 4 is 0 Å². The molecule has 0 bridgehead atoms. The molecule has 1 saturated heterocycles. The van der Waals surface area contributed by atoms with Crippen molar-refractivity contribution in [1.29, 1.82) is 0 Å². The van der Waals surface area contributed by atoms with Crippen molar-refractivity contribution in [2.24, 2.45) is 0 Å². The van der Waals surface area contributed by atoms with E-state index in [2.05, 4.69) is 43.3 Å². The fraction of sp³-hybridized carbons (Fsp3) is 0.550. The van der Waals surface area contributed by atoms with Crippen LogP contribution in [0.1, 0.15) is 121 Å². The molecule has 3 aromatic carbocycles. The summed E-state index contributed by atoms with van der Waals surface area (Å²) in [5.41, 5.74) is 2.16. The van der Waals surface area contributed by atoms with Crippen molar-refractivity contribution in [3.8, 4) is 0 Å². The van der Waals surface area contributed by atoms with Gasteiger partial charge < -0.3 is 19.3 Å². The first-order valence-electron chi connectivity index (χ1n) is 17.3. The zero-order valence-electron chi connectivity index (χ0n) is 27.5. The number of ether oxygens (including phenoxy) is 3. The topological polar surface area (TPSA) is 47.9 Å². The fourth-order valence-corrected chi connectivity index (χ4v) is 6.67. The second-order valence-electron chi connectivity index (χ2n) is 13.0. The van der Waals surface area contributed by atoms with E-state index in [4.69, 9.17) is 14.2 Å². The second-order valence-corrected chi connectivity index (χ2v) is 13.0. The molecule has 0 unspecified atom stereocenters. The predicted octanol–water partition coefficient (Wildman–Crippen LogP) is 9.97. The van der Waals surface area contributed by atoms with Crippen LogP contribution in [0.3, 0.4) is 0 Å². The van der Waals surface area contributed by atoms with Crippen LogP contribution in [-0.2, 0) is 19.8 Å². The van der Waals surface area contributed by atoms with E-state index in [9.17, 15) is 5.11 Å². The van der Waals surface area contributed by atoms with E-state index in [0.29, 0.717) is 0 Å². The van der Waals surface area contributed by atoms with Crippen LogP contribution in [0.25, 0.3) is 0 Å². The summed E-state index contributed by atoms with van der Waals surface area (Å²) in [5, 5.41) is 11.6. The van der Waals surface area contributed by atoms with E-state index >= 15 is 0 Å². The predicted molar refractivity (Wildman–Crippen MR) is 181 cm³/mol. The summed E-state index contributed by atoms with van der Waals surface area (Å²) in [7, 11) is 0. The molecule has 0 aliphatic carbocycles. The molecule has 3 aromatic rings. The summed E-state index contributed by atoms with van der Waals surface area (Å²) >= 11 is 0. The molecule has 4 rings (SSSR count). The number of hydrogen-bond donors (Lipinski definition) is 1. The molecule has 0 amide bonds. The molecule has 240 valence electrons. The zero-order valence-corrected chi connectivity index (χ0v) is 27.5. The first-order chi connectivity index (χ1) is 21.5. The van der Waals surface area contributed by atoms with Gasteiger partial charge in [0.2, 0.25) is 0 Å². The number of hydrogen-bond acceptors (Lipinski definition) is 4. The Bertz CT molecular complexity index is 1070. The fourth-order valence-electron chi connectivity index (χ4n) is 6.67. The van der Waals surface area contributed by atoms with E-state index in [1.165, 1.54) is 70.6 Å². The highest BCUT2D eigenvalue weighted by Crippen LogP contribution is 2.41. The van der Waals surface area contributed by atoms with Crippen LogP contribution in [0, 0.1) is 0 Å². The third kappa shape index (κ3) is 9.75. The summed E-state index contributed by atoms with van der Waals surface area (Å²) in [5.74, 6) is -0.733. The molecular formula is C40H56O4. The van der Waals surface area contributed by atoms with Gasteiger partial charge in [-0.25, -0.2) is 0 Å². The number of rotatable bonds is 20. The SMILES string of the molecule is CCCCCCCCCCCCCC[C@H]1OC(C)(C)O[C@H]1[C@H](O)COC(c1ccccc1)(c1ccccc1)c1ccccc1. The van der Waals surface area contributed by atoms with Gasteiger partial charge in [0.15, 0.2) is 5.79 Å². The van der Waals surface area contributed by atoms with Crippen molar-refractivity contribution in [3.63, 3.8) is 0 Å². The van der Waals surface area contributed by atoms with Gasteiger partial charge in [0, 0.05) is 0 Å². The van der Waals surface area contributed by atoms with Crippen molar-refractivity contribution in [1.82, 2.24) is 0 Å². The summed E-state index contributed by atoms with van der Waals surface area (Å²) in [4.78, 5) is 0. The van der Waals surface area contributed by atoms with Crippen LogP contribution < -0.4 is 0 Å². The number of aliphatic hydroxyl groups is 1. The smallest absolute Gasteiger partial charge is 0.163 e. The lowest BCUT2D eigenvalue weighted by atomic mass is 9.80. The van der Waals surface area contributed by atoms with Gasteiger partial charge in [0.05, 0.1) is 12.7 Å². The highest BCUT2D eigenvalue weighted by atomic mass is 16.8. The van der Waals surface area contributed by atoms with Crippen molar-refractivity contribution < 1.29 is 19.3 Å². The number of unbranched alkanes of at least 4 members (excludes halogenated alkanes) is 11. The molecule has 1 heterocycles. The van der Waals surface area contributed by atoms with Gasteiger partial charge in [-0.05, 0) is 37.0 Å². The maximum absolute atomic E-state index is 11.6. The van der Waals surface area contributed by atoms with E-state index in [1.54, 1.807) is 0 Å². The molecule has 3 atom stereocenters. The first-order valence-corrected chi connectivity index (χ1v) is 17.3. The molecular weight excluding hydrogens is 544 g/mol. The van der Waals surface area contributed by atoms with Gasteiger partial charge in [-0.1, -0.05) is 175 Å². The van der Waals surface area contributed by atoms with E-state index in [1.807, 2.05) is 68.4 Å². The lowest BCUT2D eigenvalue weighted by Crippen LogP contribution is -2.42. The third-order valence-electron chi connectivity index (χ3n) is 8.95. The minimum atomic E-state index is -0.884. The summed E-state index contributed by atoms with van der Waals surface area (Å²) in [6, 6.07) is 30.9. The molecule has 0 radical (unpaired) electrons. The van der Waals surface area contributed by atoms with Gasteiger partial charge in [-0.2, -0.15) is 0 Å². The molecule has 1 fully saturated rings. The lowest BCUT2D eigenvalue weighted by molar-refractivity contribution is -0.162. The molecule has 1 aliphatic heterocycles. The summed E-state index contributed by atoms with van der Waals surface area (Å²) in [6.07, 6.45) is 15.3. The Morgan fingerprint density at radius 3 is 1.48 bits per heavy atom. The average molecular weight is 601 g/mol. The van der Waals surface area contributed by atoms with Crippen molar-refractivity contribution in [3.05, 3.63) is 108 Å². The van der Waals surface area contributed by atoms with Crippen molar-refractivity contribution in [2.45, 2.75) is 134 Å². The largest absolute Gasteiger partial charge is 0.388 e. The Morgan fingerprint density at radius 2 is 1.05 bits per heavy atom. The van der Waals surface area contributed by atoms with Crippen LogP contribution in [-0.4, -0.2) is 35.8 Å².